The minimum Gasteiger partial charge on any atom is -0.338 e. The monoisotopic (exact) mass is 570 g/mol. The molecule has 0 saturated carbocycles. The van der Waals surface area contributed by atoms with Crippen molar-refractivity contribution in [2.75, 3.05) is 0 Å². The molecule has 8 nitrogen and oxygen atoms in total. The fourth-order valence-corrected chi connectivity index (χ4v) is 6.03. The van der Waals surface area contributed by atoms with Crippen LogP contribution in [0.4, 0.5) is 0 Å². The minimum atomic E-state index is 0.752. The number of hydrogen-bond donors (Lipinski definition) is 4. The van der Waals surface area contributed by atoms with E-state index in [0.29, 0.717) is 0 Å². The van der Waals surface area contributed by atoms with Gasteiger partial charge in [0.15, 0.2) is 0 Å². The van der Waals surface area contributed by atoms with Crippen LogP contribution in [-0.2, 0) is 0 Å². The lowest BCUT2D eigenvalue weighted by Gasteiger charge is -2.13. The molecule has 0 unspecified atom stereocenters. The number of para-hydroxylation sites is 4. The summed E-state index contributed by atoms with van der Waals surface area (Å²) in [5.41, 5.74) is 13.5. The number of nitrogens with one attached hydrogen (secondary N) is 4. The van der Waals surface area contributed by atoms with Crippen molar-refractivity contribution in [2.24, 2.45) is 0 Å². The Morgan fingerprint density at radius 3 is 1.09 bits per heavy atom. The predicted octanol–water partition coefficient (Wildman–Crippen LogP) is 8.48. The lowest BCUT2D eigenvalue weighted by Crippen LogP contribution is -1.96. The molecule has 0 saturated heterocycles. The quantitative estimate of drug-likeness (QED) is 0.170. The van der Waals surface area contributed by atoms with Gasteiger partial charge in [-0.2, -0.15) is 0 Å². The summed E-state index contributed by atoms with van der Waals surface area (Å²) in [4.78, 5) is 34.4. The van der Waals surface area contributed by atoms with Gasteiger partial charge in [0.1, 0.15) is 23.3 Å². The Morgan fingerprint density at radius 1 is 0.364 bits per heavy atom. The van der Waals surface area contributed by atoms with Crippen LogP contribution in [0.5, 0.6) is 0 Å². The molecule has 0 spiro atoms. The Labute approximate surface area is 251 Å². The van der Waals surface area contributed by atoms with E-state index in [2.05, 4.69) is 82.3 Å². The van der Waals surface area contributed by atoms with Crippen LogP contribution in [-0.4, -0.2) is 39.9 Å². The zero-order chi connectivity index (χ0) is 29.4. The molecule has 5 aromatic carbocycles. The van der Waals surface area contributed by atoms with E-state index in [1.54, 1.807) is 0 Å². The second kappa shape index (κ2) is 9.24. The molecule has 210 valence electrons. The first-order valence-corrected chi connectivity index (χ1v) is 14.6. The predicted molar refractivity (Wildman–Crippen MR) is 176 cm³/mol. The maximum Gasteiger partial charge on any atom is 0.139 e. The van der Waals surface area contributed by atoms with Gasteiger partial charge in [-0.25, -0.2) is 19.9 Å². The van der Waals surface area contributed by atoms with Gasteiger partial charge in [-0.3, -0.25) is 0 Å². The van der Waals surface area contributed by atoms with Crippen LogP contribution in [0.15, 0.2) is 97.1 Å². The van der Waals surface area contributed by atoms with Crippen LogP contribution < -0.4 is 0 Å². The average Bonchev–Trinajstić information content (AvgIpc) is 3.83. The Balaban J connectivity index is 1.37. The second-order valence-corrected chi connectivity index (χ2v) is 11.4. The van der Waals surface area contributed by atoms with Gasteiger partial charge >= 0.3 is 0 Å². The Kier molecular flexibility index (Phi) is 5.16. The Hall–Kier alpha value is -6.02. The van der Waals surface area contributed by atoms with E-state index in [0.717, 1.165) is 101 Å². The van der Waals surface area contributed by atoms with Crippen molar-refractivity contribution < 1.29 is 0 Å². The largest absolute Gasteiger partial charge is 0.338 e. The number of aromatic nitrogens is 8. The molecule has 0 radical (unpaired) electrons. The SMILES string of the molecule is Cc1ccc2[nH]c(-c3cc(-c4nc5cc(C)ccc5[nH]4)c(-c4nc5ccccc5[nH]4)cc3-c3nc4ccccc4[nH]3)nc2c1. The number of hydrogen-bond acceptors (Lipinski definition) is 4. The average molecular weight is 571 g/mol. The normalized spacial score (nSPS) is 11.9. The molecule has 9 aromatic rings. The number of H-pyrrole nitrogens is 4. The smallest absolute Gasteiger partial charge is 0.139 e. The van der Waals surface area contributed by atoms with Crippen LogP contribution in [0.1, 0.15) is 11.1 Å². The van der Waals surface area contributed by atoms with Crippen LogP contribution in [0, 0.1) is 13.8 Å². The highest BCUT2D eigenvalue weighted by molar-refractivity contribution is 5.95. The van der Waals surface area contributed by atoms with Crippen molar-refractivity contribution in [3.05, 3.63) is 108 Å². The molecule has 0 aliphatic heterocycles. The van der Waals surface area contributed by atoms with Gasteiger partial charge in [-0.15, -0.1) is 0 Å². The summed E-state index contributed by atoms with van der Waals surface area (Å²) in [6, 6.07) is 33.0. The minimum absolute atomic E-state index is 0.752. The summed E-state index contributed by atoms with van der Waals surface area (Å²) in [5, 5.41) is 0. The fourth-order valence-electron chi connectivity index (χ4n) is 6.03. The Bertz CT molecular complexity index is 2300. The molecule has 8 heteroatoms. The van der Waals surface area contributed by atoms with Crippen LogP contribution in [0.25, 0.3) is 89.7 Å². The van der Waals surface area contributed by atoms with Gasteiger partial charge in [0.2, 0.25) is 0 Å². The summed E-state index contributed by atoms with van der Waals surface area (Å²) in [5.74, 6) is 3.01. The number of aromatic amines is 4. The molecule has 0 bridgehead atoms. The van der Waals surface area contributed by atoms with Gasteiger partial charge in [-0.05, 0) is 85.6 Å². The van der Waals surface area contributed by atoms with E-state index in [-0.39, 0.29) is 0 Å². The van der Waals surface area contributed by atoms with Crippen molar-refractivity contribution >= 4 is 44.1 Å². The lowest BCUT2D eigenvalue weighted by molar-refractivity contribution is 1.27. The number of imidazole rings is 4. The van der Waals surface area contributed by atoms with E-state index in [9.17, 15) is 0 Å². The first kappa shape index (κ1) is 24.6. The summed E-state index contributed by atoms with van der Waals surface area (Å²) in [6.07, 6.45) is 0. The molecular formula is C36H26N8. The molecule has 0 aliphatic rings. The third kappa shape index (κ3) is 3.92. The fraction of sp³-hybridized carbons (Fsp3) is 0.0556. The molecule has 0 aliphatic carbocycles. The maximum absolute atomic E-state index is 5.06. The molecule has 0 fully saturated rings. The summed E-state index contributed by atoms with van der Waals surface area (Å²) < 4.78 is 0. The van der Waals surface area contributed by atoms with Gasteiger partial charge in [0, 0.05) is 22.3 Å². The van der Waals surface area contributed by atoms with Crippen LogP contribution in [0.2, 0.25) is 0 Å². The second-order valence-electron chi connectivity index (χ2n) is 11.4. The Morgan fingerprint density at radius 2 is 0.705 bits per heavy atom. The molecular weight excluding hydrogens is 544 g/mol. The highest BCUT2D eigenvalue weighted by Crippen LogP contribution is 2.41. The van der Waals surface area contributed by atoms with Crippen molar-refractivity contribution in [1.29, 1.82) is 0 Å². The zero-order valence-electron chi connectivity index (χ0n) is 24.0. The molecule has 0 amide bonds. The number of nitrogens with zero attached hydrogens (tertiary/aromatic N) is 4. The summed E-state index contributed by atoms with van der Waals surface area (Å²) in [7, 11) is 0. The van der Waals surface area contributed by atoms with Gasteiger partial charge in [0.05, 0.1) is 44.1 Å². The van der Waals surface area contributed by atoms with E-state index < -0.39 is 0 Å². The first-order chi connectivity index (χ1) is 21.6. The molecule has 9 rings (SSSR count). The van der Waals surface area contributed by atoms with Gasteiger partial charge in [0.25, 0.3) is 0 Å². The van der Waals surface area contributed by atoms with E-state index in [4.69, 9.17) is 19.9 Å². The molecule has 4 heterocycles. The topological polar surface area (TPSA) is 115 Å². The van der Waals surface area contributed by atoms with Gasteiger partial charge in [-0.1, -0.05) is 36.4 Å². The van der Waals surface area contributed by atoms with E-state index in [1.165, 1.54) is 0 Å². The van der Waals surface area contributed by atoms with Crippen LogP contribution >= 0.6 is 0 Å². The standard InChI is InChI=1S/C36H26N8/c1-19-11-13-29-31(15-19)43-35(41-29)23-18-24(36-42-30-14-12-20(2)16-32(30)44-36)22(34-39-27-9-5-6-10-28(27)40-34)17-21(23)33-37-25-7-3-4-8-26(25)38-33/h3-18H,1-2H3,(H,37,38)(H,39,40)(H,41,43)(H,42,44). The number of aryl methyl sites for hydroxylation is 2. The number of rotatable bonds is 4. The number of fused-ring (bicyclic) bond motifs is 4. The summed E-state index contributed by atoms with van der Waals surface area (Å²) >= 11 is 0. The molecule has 44 heavy (non-hydrogen) atoms. The third-order valence-corrected chi connectivity index (χ3v) is 8.23. The lowest BCUT2D eigenvalue weighted by atomic mass is 9.96. The maximum atomic E-state index is 5.06. The van der Waals surface area contributed by atoms with Crippen LogP contribution in [0.3, 0.4) is 0 Å². The first-order valence-electron chi connectivity index (χ1n) is 14.6. The molecule has 4 aromatic heterocycles. The van der Waals surface area contributed by atoms with Crippen molar-refractivity contribution in [2.45, 2.75) is 13.8 Å². The van der Waals surface area contributed by atoms with Gasteiger partial charge < -0.3 is 19.9 Å². The third-order valence-electron chi connectivity index (χ3n) is 8.23. The van der Waals surface area contributed by atoms with Crippen molar-refractivity contribution in [1.82, 2.24) is 39.9 Å². The highest BCUT2D eigenvalue weighted by atomic mass is 15.0. The van der Waals surface area contributed by atoms with E-state index in [1.807, 2.05) is 48.5 Å². The van der Waals surface area contributed by atoms with Crippen molar-refractivity contribution in [3.8, 4) is 45.6 Å². The zero-order valence-corrected chi connectivity index (χ0v) is 24.0. The van der Waals surface area contributed by atoms with E-state index >= 15 is 0 Å². The number of benzene rings is 5. The molecule has 0 atom stereocenters. The summed E-state index contributed by atoms with van der Waals surface area (Å²) in [6.45, 7) is 4.16. The van der Waals surface area contributed by atoms with Crippen molar-refractivity contribution in [3.63, 3.8) is 0 Å². The molecule has 4 N–H and O–H groups in total. The highest BCUT2D eigenvalue weighted by Gasteiger charge is 2.23.